The molecule has 110 valence electrons. The summed E-state index contributed by atoms with van der Waals surface area (Å²) in [7, 11) is 0. The highest BCUT2D eigenvalue weighted by Gasteiger charge is 2.26. The lowest BCUT2D eigenvalue weighted by Crippen LogP contribution is -2.37. The lowest BCUT2D eigenvalue weighted by Gasteiger charge is -2.34. The summed E-state index contributed by atoms with van der Waals surface area (Å²) >= 11 is 8.86. The van der Waals surface area contributed by atoms with E-state index in [4.69, 9.17) is 18.0 Å². The molecule has 20 heavy (non-hydrogen) atoms. The van der Waals surface area contributed by atoms with Crippen molar-refractivity contribution < 1.29 is 0 Å². The molecule has 0 bridgehead atoms. The van der Waals surface area contributed by atoms with Crippen LogP contribution in [0.25, 0.3) is 0 Å². The average Bonchev–Trinajstić information content (AvgIpc) is 2.88. The molecule has 0 spiro atoms. The minimum atomic E-state index is 0.472. The van der Waals surface area contributed by atoms with E-state index in [1.165, 1.54) is 31.4 Å². The SMILES string of the molecule is CC(C)CN(c1cccc(Br)c1C(N)=S)C1CCCC1. The number of nitrogens with zero attached hydrogens (tertiary/aromatic N) is 1. The maximum atomic E-state index is 5.96. The molecule has 0 aromatic heterocycles. The first kappa shape index (κ1) is 15.8. The third-order valence-corrected chi connectivity index (χ3v) is 4.74. The summed E-state index contributed by atoms with van der Waals surface area (Å²) in [6.45, 7) is 5.58. The summed E-state index contributed by atoms with van der Waals surface area (Å²) in [4.78, 5) is 3.00. The molecule has 4 heteroatoms. The third-order valence-electron chi connectivity index (χ3n) is 3.87. The highest BCUT2D eigenvalue weighted by molar-refractivity contribution is 9.10. The predicted octanol–water partition coefficient (Wildman–Crippen LogP) is 4.49. The Morgan fingerprint density at radius 3 is 2.60 bits per heavy atom. The van der Waals surface area contributed by atoms with E-state index in [1.54, 1.807) is 0 Å². The van der Waals surface area contributed by atoms with Crippen molar-refractivity contribution in [3.8, 4) is 0 Å². The standard InChI is InChI=1S/C16H23BrN2S/c1-11(2)10-19(12-6-3-4-7-12)14-9-5-8-13(17)15(14)16(18)20/h5,8-9,11-12H,3-4,6-7,10H2,1-2H3,(H2,18,20). The van der Waals surface area contributed by atoms with E-state index >= 15 is 0 Å². The smallest absolute Gasteiger partial charge is 0.107 e. The maximum Gasteiger partial charge on any atom is 0.107 e. The first-order chi connectivity index (χ1) is 9.50. The van der Waals surface area contributed by atoms with Gasteiger partial charge >= 0.3 is 0 Å². The zero-order valence-electron chi connectivity index (χ0n) is 12.2. The van der Waals surface area contributed by atoms with E-state index in [-0.39, 0.29) is 0 Å². The van der Waals surface area contributed by atoms with Crippen LogP contribution in [0, 0.1) is 5.92 Å². The normalized spacial score (nSPS) is 15.8. The number of benzene rings is 1. The van der Waals surface area contributed by atoms with Gasteiger partial charge in [0.15, 0.2) is 0 Å². The van der Waals surface area contributed by atoms with Crippen molar-refractivity contribution in [1.29, 1.82) is 0 Å². The van der Waals surface area contributed by atoms with Crippen LogP contribution in [0.5, 0.6) is 0 Å². The number of halogens is 1. The van der Waals surface area contributed by atoms with Crippen molar-refractivity contribution >= 4 is 38.8 Å². The minimum Gasteiger partial charge on any atom is -0.389 e. The van der Waals surface area contributed by atoms with Crippen LogP contribution >= 0.6 is 28.1 Å². The molecule has 2 N–H and O–H groups in total. The second-order valence-corrected chi connectivity index (χ2v) is 7.28. The van der Waals surface area contributed by atoms with Gasteiger partial charge in [0.1, 0.15) is 4.99 Å². The van der Waals surface area contributed by atoms with Gasteiger partial charge in [-0.2, -0.15) is 0 Å². The first-order valence-electron chi connectivity index (χ1n) is 7.35. The van der Waals surface area contributed by atoms with E-state index in [2.05, 4.69) is 46.8 Å². The van der Waals surface area contributed by atoms with Gasteiger partial charge in [-0.05, 0) is 46.8 Å². The van der Waals surface area contributed by atoms with Crippen molar-refractivity contribution in [1.82, 2.24) is 0 Å². The Kier molecular flexibility index (Phi) is 5.44. The van der Waals surface area contributed by atoms with E-state index < -0.39 is 0 Å². The first-order valence-corrected chi connectivity index (χ1v) is 8.55. The molecule has 1 aromatic rings. The molecule has 1 aliphatic carbocycles. The quantitative estimate of drug-likeness (QED) is 0.789. The number of anilines is 1. The van der Waals surface area contributed by atoms with Crippen LogP contribution in [0.1, 0.15) is 45.1 Å². The van der Waals surface area contributed by atoms with Crippen LogP contribution < -0.4 is 10.6 Å². The monoisotopic (exact) mass is 354 g/mol. The van der Waals surface area contributed by atoms with Gasteiger partial charge in [-0.25, -0.2) is 0 Å². The third kappa shape index (κ3) is 3.53. The summed E-state index contributed by atoms with van der Waals surface area (Å²) < 4.78 is 0.995. The summed E-state index contributed by atoms with van der Waals surface area (Å²) in [5, 5.41) is 0. The van der Waals surface area contributed by atoms with Crippen LogP contribution in [0.2, 0.25) is 0 Å². The van der Waals surface area contributed by atoms with E-state index in [0.717, 1.165) is 16.6 Å². The van der Waals surface area contributed by atoms with Gasteiger partial charge in [0.25, 0.3) is 0 Å². The summed E-state index contributed by atoms with van der Waals surface area (Å²) in [5.41, 5.74) is 8.13. The fraction of sp³-hybridized carbons (Fsp3) is 0.562. The maximum absolute atomic E-state index is 5.96. The van der Waals surface area contributed by atoms with Crippen molar-refractivity contribution in [3.63, 3.8) is 0 Å². The van der Waals surface area contributed by atoms with Crippen LogP contribution in [-0.2, 0) is 0 Å². The van der Waals surface area contributed by atoms with E-state index in [0.29, 0.717) is 16.9 Å². The van der Waals surface area contributed by atoms with E-state index in [9.17, 15) is 0 Å². The molecule has 1 saturated carbocycles. The molecule has 0 saturated heterocycles. The van der Waals surface area contributed by atoms with Gasteiger partial charge in [-0.15, -0.1) is 0 Å². The number of hydrogen-bond acceptors (Lipinski definition) is 2. The minimum absolute atomic E-state index is 0.472. The summed E-state index contributed by atoms with van der Waals surface area (Å²) in [6.07, 6.45) is 5.21. The molecule has 0 atom stereocenters. The molecule has 0 radical (unpaired) electrons. The Morgan fingerprint density at radius 1 is 1.40 bits per heavy atom. The molecular formula is C16H23BrN2S. The molecule has 2 rings (SSSR count). The molecule has 0 heterocycles. The zero-order valence-corrected chi connectivity index (χ0v) is 14.6. The van der Waals surface area contributed by atoms with Gasteiger partial charge in [-0.3, -0.25) is 0 Å². The van der Waals surface area contributed by atoms with Crippen LogP contribution in [0.3, 0.4) is 0 Å². The molecule has 2 nitrogen and oxygen atoms in total. The highest BCUT2D eigenvalue weighted by atomic mass is 79.9. The topological polar surface area (TPSA) is 29.3 Å². The average molecular weight is 355 g/mol. The number of hydrogen-bond donors (Lipinski definition) is 1. The fourth-order valence-electron chi connectivity index (χ4n) is 3.05. The molecular weight excluding hydrogens is 332 g/mol. The Balaban J connectivity index is 2.42. The van der Waals surface area contributed by atoms with Crippen molar-refractivity contribution in [3.05, 3.63) is 28.2 Å². The number of nitrogens with two attached hydrogens (primary N) is 1. The van der Waals surface area contributed by atoms with E-state index in [1.807, 2.05) is 6.07 Å². The molecule has 0 unspecified atom stereocenters. The fourth-order valence-corrected chi connectivity index (χ4v) is 3.96. The number of rotatable bonds is 5. The Morgan fingerprint density at radius 2 is 2.05 bits per heavy atom. The summed E-state index contributed by atoms with van der Waals surface area (Å²) in [5.74, 6) is 0.619. The zero-order chi connectivity index (χ0) is 14.7. The van der Waals surface area contributed by atoms with Gasteiger partial charge in [0, 0.05) is 28.3 Å². The van der Waals surface area contributed by atoms with Gasteiger partial charge in [0.2, 0.25) is 0 Å². The molecule has 1 fully saturated rings. The van der Waals surface area contributed by atoms with Crippen molar-refractivity contribution in [2.45, 2.75) is 45.6 Å². The lowest BCUT2D eigenvalue weighted by molar-refractivity contribution is 0.535. The van der Waals surface area contributed by atoms with Crippen molar-refractivity contribution in [2.24, 2.45) is 11.7 Å². The molecule has 0 aliphatic heterocycles. The van der Waals surface area contributed by atoms with Crippen LogP contribution in [0.4, 0.5) is 5.69 Å². The van der Waals surface area contributed by atoms with Crippen LogP contribution in [-0.4, -0.2) is 17.6 Å². The second-order valence-electron chi connectivity index (χ2n) is 5.98. The Labute approximate surface area is 135 Å². The highest BCUT2D eigenvalue weighted by Crippen LogP contribution is 2.34. The number of thiocarbonyl (C=S) groups is 1. The van der Waals surface area contributed by atoms with Gasteiger partial charge < -0.3 is 10.6 Å². The molecule has 1 aromatic carbocycles. The summed E-state index contributed by atoms with van der Waals surface area (Å²) in [6, 6.07) is 6.86. The molecule has 0 amide bonds. The molecule has 1 aliphatic rings. The van der Waals surface area contributed by atoms with Crippen molar-refractivity contribution in [2.75, 3.05) is 11.4 Å². The lowest BCUT2D eigenvalue weighted by atomic mass is 10.1. The Hall–Kier alpha value is -0.610. The Bertz CT molecular complexity index is 481. The van der Waals surface area contributed by atoms with Gasteiger partial charge in [-0.1, -0.05) is 45.0 Å². The second kappa shape index (κ2) is 6.90. The van der Waals surface area contributed by atoms with Gasteiger partial charge in [0.05, 0.1) is 0 Å². The largest absolute Gasteiger partial charge is 0.389 e. The van der Waals surface area contributed by atoms with Crippen LogP contribution in [0.15, 0.2) is 22.7 Å². The predicted molar refractivity (Wildman–Crippen MR) is 94.5 cm³/mol.